The highest BCUT2D eigenvalue weighted by Gasteiger charge is 2.14. The first-order chi connectivity index (χ1) is 18.6. The fourth-order valence-corrected chi connectivity index (χ4v) is 5.16. The number of imidazole rings is 1. The van der Waals surface area contributed by atoms with Crippen molar-refractivity contribution < 1.29 is 9.84 Å². The van der Waals surface area contributed by atoms with Crippen molar-refractivity contribution in [2.75, 3.05) is 0 Å². The van der Waals surface area contributed by atoms with Crippen LogP contribution in [0.5, 0.6) is 11.6 Å². The molecule has 0 bridgehead atoms. The fourth-order valence-electron chi connectivity index (χ4n) is 4.41. The molecule has 3 aromatic heterocycles. The second kappa shape index (κ2) is 10.4. The van der Waals surface area contributed by atoms with Crippen LogP contribution >= 0.6 is 11.3 Å². The smallest absolute Gasteiger partial charge is 0.307 e. The Balaban J connectivity index is 1.19. The van der Waals surface area contributed by atoms with Crippen LogP contribution in [0, 0.1) is 0 Å². The van der Waals surface area contributed by atoms with Crippen molar-refractivity contribution >= 4 is 22.5 Å². The molecule has 0 aliphatic rings. The third kappa shape index (κ3) is 5.07. The first kappa shape index (κ1) is 23.7. The zero-order valence-corrected chi connectivity index (χ0v) is 21.2. The van der Waals surface area contributed by atoms with E-state index in [0.29, 0.717) is 23.6 Å². The van der Waals surface area contributed by atoms with E-state index < -0.39 is 0 Å². The maximum atomic E-state index is 11.4. The van der Waals surface area contributed by atoms with Gasteiger partial charge in [-0.05, 0) is 46.5 Å². The number of thiazole rings is 1. The second-order valence-electron chi connectivity index (χ2n) is 8.92. The number of nitrogens with zero attached hydrogens (tertiary/aromatic N) is 3. The van der Waals surface area contributed by atoms with Crippen molar-refractivity contribution in [3.63, 3.8) is 0 Å². The van der Waals surface area contributed by atoms with E-state index in [-0.39, 0.29) is 17.4 Å². The van der Waals surface area contributed by atoms with Gasteiger partial charge in [-0.2, -0.15) is 0 Å². The highest BCUT2D eigenvalue weighted by atomic mass is 32.1. The number of pyridine rings is 1. The molecule has 188 valence electrons. The van der Waals surface area contributed by atoms with Crippen molar-refractivity contribution in [2.24, 2.45) is 0 Å². The molecule has 3 heterocycles. The summed E-state index contributed by atoms with van der Waals surface area (Å²) in [7, 11) is 0. The van der Waals surface area contributed by atoms with Gasteiger partial charge in [0.25, 0.3) is 0 Å². The summed E-state index contributed by atoms with van der Waals surface area (Å²) in [4.78, 5) is 23.5. The van der Waals surface area contributed by atoms with Gasteiger partial charge in [0.2, 0.25) is 5.88 Å². The van der Waals surface area contributed by atoms with Crippen molar-refractivity contribution in [2.45, 2.75) is 19.6 Å². The van der Waals surface area contributed by atoms with Gasteiger partial charge in [0, 0.05) is 12.6 Å². The third-order valence-corrected chi connectivity index (χ3v) is 7.21. The Bertz CT molecular complexity index is 1740. The van der Waals surface area contributed by atoms with Crippen molar-refractivity contribution in [1.82, 2.24) is 19.5 Å². The maximum absolute atomic E-state index is 11.4. The van der Waals surface area contributed by atoms with Crippen LogP contribution in [0.2, 0.25) is 0 Å². The van der Waals surface area contributed by atoms with Crippen LogP contribution in [0.25, 0.3) is 22.3 Å². The predicted octanol–water partition coefficient (Wildman–Crippen LogP) is 5.77. The van der Waals surface area contributed by atoms with Gasteiger partial charge in [-0.1, -0.05) is 78.1 Å². The van der Waals surface area contributed by atoms with Gasteiger partial charge in [0.15, 0.2) is 5.65 Å². The SMILES string of the molecule is O=c1[nH]c(O)c(Cc2ccc(OCc3nc4cccnc4n3Cc3ccc(-c4ccccc4)cc3)cc2)s1. The number of aromatic nitrogens is 4. The van der Waals surface area contributed by atoms with Gasteiger partial charge < -0.3 is 14.4 Å². The highest BCUT2D eigenvalue weighted by molar-refractivity contribution is 7.09. The molecule has 0 radical (unpaired) electrons. The molecular formula is C30H24N4O3S. The summed E-state index contributed by atoms with van der Waals surface area (Å²) in [6.07, 6.45) is 2.25. The molecule has 0 saturated heterocycles. The van der Waals surface area contributed by atoms with E-state index in [1.165, 1.54) is 11.1 Å². The molecule has 0 saturated carbocycles. The van der Waals surface area contributed by atoms with Crippen molar-refractivity contribution in [1.29, 1.82) is 0 Å². The average molecular weight is 521 g/mol. The zero-order chi connectivity index (χ0) is 25.9. The molecule has 0 atom stereocenters. The molecule has 2 N–H and O–H groups in total. The molecule has 3 aromatic carbocycles. The monoisotopic (exact) mass is 520 g/mol. The standard InChI is InChI=1S/C30H24N4O3S/c35-29-26(38-30(36)33-29)17-20-10-14-24(15-11-20)37-19-27-32-25-7-4-16-31-28(25)34(27)18-21-8-12-23(13-9-21)22-5-2-1-3-6-22/h1-16,35H,17-19H2,(H,33,36). The Labute approximate surface area is 222 Å². The van der Waals surface area contributed by atoms with E-state index in [2.05, 4.69) is 50.9 Å². The molecular weight excluding hydrogens is 496 g/mol. The van der Waals surface area contributed by atoms with Gasteiger partial charge in [-0.25, -0.2) is 9.97 Å². The Morgan fingerprint density at radius 1 is 0.868 bits per heavy atom. The number of nitrogens with one attached hydrogen (secondary N) is 1. The van der Waals surface area contributed by atoms with Crippen LogP contribution in [-0.4, -0.2) is 24.6 Å². The first-order valence-electron chi connectivity index (χ1n) is 12.2. The molecule has 38 heavy (non-hydrogen) atoms. The van der Waals surface area contributed by atoms with Crippen LogP contribution in [0.15, 0.2) is 102 Å². The Morgan fingerprint density at radius 2 is 1.61 bits per heavy atom. The van der Waals surface area contributed by atoms with E-state index >= 15 is 0 Å². The minimum absolute atomic E-state index is 0.0671. The zero-order valence-electron chi connectivity index (χ0n) is 20.4. The average Bonchev–Trinajstić information content (AvgIpc) is 3.46. The largest absolute Gasteiger partial charge is 0.494 e. The molecule has 0 aliphatic carbocycles. The highest BCUT2D eigenvalue weighted by Crippen LogP contribution is 2.24. The number of hydrogen-bond donors (Lipinski definition) is 2. The van der Waals surface area contributed by atoms with Gasteiger partial charge in [-0.3, -0.25) is 9.78 Å². The summed E-state index contributed by atoms with van der Waals surface area (Å²) >= 11 is 1.02. The number of rotatable bonds is 8. The molecule has 6 aromatic rings. The van der Waals surface area contributed by atoms with Crippen LogP contribution in [-0.2, 0) is 19.6 Å². The van der Waals surface area contributed by atoms with Crippen LogP contribution in [0.1, 0.15) is 21.8 Å². The normalized spacial score (nSPS) is 11.2. The molecule has 7 nitrogen and oxygen atoms in total. The van der Waals surface area contributed by atoms with Gasteiger partial charge in [0.1, 0.15) is 23.7 Å². The van der Waals surface area contributed by atoms with Crippen LogP contribution < -0.4 is 9.61 Å². The molecule has 0 aliphatic heterocycles. The summed E-state index contributed by atoms with van der Waals surface area (Å²) in [6.45, 7) is 0.918. The van der Waals surface area contributed by atoms with Gasteiger partial charge in [-0.15, -0.1) is 0 Å². The summed E-state index contributed by atoms with van der Waals surface area (Å²) in [6, 6.07) is 30.4. The molecule has 0 unspecified atom stereocenters. The summed E-state index contributed by atoms with van der Waals surface area (Å²) in [5.41, 5.74) is 6.13. The summed E-state index contributed by atoms with van der Waals surface area (Å²) in [5, 5.41) is 9.83. The van der Waals surface area contributed by atoms with E-state index in [1.54, 1.807) is 6.20 Å². The lowest BCUT2D eigenvalue weighted by molar-refractivity contribution is 0.291. The maximum Gasteiger partial charge on any atom is 0.307 e. The lowest BCUT2D eigenvalue weighted by Crippen LogP contribution is -2.09. The van der Waals surface area contributed by atoms with Crippen LogP contribution in [0.4, 0.5) is 0 Å². The minimum Gasteiger partial charge on any atom is -0.494 e. The number of benzene rings is 3. The predicted molar refractivity (Wildman–Crippen MR) is 149 cm³/mol. The van der Waals surface area contributed by atoms with Crippen LogP contribution in [0.3, 0.4) is 0 Å². The number of ether oxygens (including phenoxy) is 1. The third-order valence-electron chi connectivity index (χ3n) is 6.34. The Hall–Kier alpha value is -4.69. The number of fused-ring (bicyclic) bond motifs is 1. The summed E-state index contributed by atoms with van der Waals surface area (Å²) in [5.74, 6) is 1.43. The lowest BCUT2D eigenvalue weighted by atomic mass is 10.0. The minimum atomic E-state index is -0.262. The van der Waals surface area contributed by atoms with E-state index in [1.807, 2.05) is 54.6 Å². The van der Waals surface area contributed by atoms with Gasteiger partial charge in [0.05, 0.1) is 11.4 Å². The number of H-pyrrole nitrogens is 1. The van der Waals surface area contributed by atoms with Crippen molar-refractivity contribution in [3.8, 4) is 22.8 Å². The molecule has 8 heteroatoms. The number of aromatic amines is 1. The quantitative estimate of drug-likeness (QED) is 0.266. The Morgan fingerprint density at radius 3 is 2.34 bits per heavy atom. The van der Waals surface area contributed by atoms with Crippen molar-refractivity contribution in [3.05, 3.63) is 129 Å². The fraction of sp³-hybridized carbons (Fsp3) is 0.100. The number of hydrogen-bond acceptors (Lipinski definition) is 6. The summed E-state index contributed by atoms with van der Waals surface area (Å²) < 4.78 is 8.19. The Kier molecular flexibility index (Phi) is 6.46. The van der Waals surface area contributed by atoms with E-state index in [0.717, 1.165) is 39.5 Å². The van der Waals surface area contributed by atoms with E-state index in [4.69, 9.17) is 9.72 Å². The number of aromatic hydroxyl groups is 1. The molecule has 0 fully saturated rings. The lowest BCUT2D eigenvalue weighted by Gasteiger charge is -2.11. The molecule has 0 spiro atoms. The van der Waals surface area contributed by atoms with E-state index in [9.17, 15) is 9.90 Å². The van der Waals surface area contributed by atoms with Gasteiger partial charge >= 0.3 is 4.87 Å². The molecule has 0 amide bonds. The first-order valence-corrected chi connectivity index (χ1v) is 13.0. The topological polar surface area (TPSA) is 93.0 Å². The molecule has 6 rings (SSSR count). The second-order valence-corrected chi connectivity index (χ2v) is 9.99.